The Hall–Kier alpha value is -3.32. The number of ether oxygens (including phenoxy) is 2. The SMILES string of the molecule is COc1cc(C)c(/C(O)=C2\C(=O)C(=O)N(CCN(C)C)C2c2ccc(OC(C)C)cc2)cc1C. The van der Waals surface area contributed by atoms with Gasteiger partial charge < -0.3 is 24.4 Å². The minimum atomic E-state index is -0.699. The van der Waals surface area contributed by atoms with Crippen LogP contribution in [0.5, 0.6) is 11.5 Å². The van der Waals surface area contributed by atoms with E-state index in [4.69, 9.17) is 9.47 Å². The lowest BCUT2D eigenvalue weighted by molar-refractivity contribution is -0.140. The molecule has 0 aromatic heterocycles. The van der Waals surface area contributed by atoms with Crippen molar-refractivity contribution in [3.05, 3.63) is 64.2 Å². The molecule has 7 nitrogen and oxygen atoms in total. The zero-order chi connectivity index (χ0) is 25.2. The molecule has 1 heterocycles. The van der Waals surface area contributed by atoms with E-state index in [1.165, 1.54) is 4.90 Å². The molecule has 0 saturated carbocycles. The molecule has 34 heavy (non-hydrogen) atoms. The molecule has 3 rings (SSSR count). The summed E-state index contributed by atoms with van der Waals surface area (Å²) in [5.41, 5.74) is 2.91. The highest BCUT2D eigenvalue weighted by atomic mass is 16.5. The average molecular weight is 467 g/mol. The number of carbonyl (C=O) groups is 2. The molecule has 1 atom stereocenters. The molecule has 1 saturated heterocycles. The Labute approximate surface area is 201 Å². The highest BCUT2D eigenvalue weighted by Gasteiger charge is 2.46. The Morgan fingerprint density at radius 2 is 1.74 bits per heavy atom. The molecule has 0 radical (unpaired) electrons. The van der Waals surface area contributed by atoms with Crippen LogP contribution in [0.4, 0.5) is 0 Å². The van der Waals surface area contributed by atoms with E-state index in [0.29, 0.717) is 30.2 Å². The maximum atomic E-state index is 13.2. The average Bonchev–Trinajstić information content (AvgIpc) is 3.03. The molecule has 182 valence electrons. The summed E-state index contributed by atoms with van der Waals surface area (Å²) in [5, 5.41) is 11.4. The summed E-state index contributed by atoms with van der Waals surface area (Å²) in [6, 6.07) is 10.2. The van der Waals surface area contributed by atoms with Gasteiger partial charge in [-0.05, 0) is 82.7 Å². The van der Waals surface area contributed by atoms with Crippen molar-refractivity contribution in [2.75, 3.05) is 34.3 Å². The molecule has 7 heteroatoms. The Morgan fingerprint density at radius 3 is 2.29 bits per heavy atom. The number of Topliss-reactive ketones (excluding diaryl/α,β-unsaturated/α-hetero) is 1. The Kier molecular flexibility index (Phi) is 7.67. The van der Waals surface area contributed by atoms with E-state index >= 15 is 0 Å². The summed E-state index contributed by atoms with van der Waals surface area (Å²) in [5.74, 6) is -0.0831. The molecular weight excluding hydrogens is 432 g/mol. The number of amides is 1. The molecule has 1 aliphatic rings. The van der Waals surface area contributed by atoms with Gasteiger partial charge in [0, 0.05) is 18.7 Å². The Bertz CT molecular complexity index is 1100. The second kappa shape index (κ2) is 10.3. The molecule has 0 bridgehead atoms. The second-order valence-electron chi connectivity index (χ2n) is 9.17. The van der Waals surface area contributed by atoms with Crippen molar-refractivity contribution in [3.8, 4) is 11.5 Å². The third-order valence-corrected chi connectivity index (χ3v) is 5.89. The highest BCUT2D eigenvalue weighted by Crippen LogP contribution is 2.40. The molecule has 1 fully saturated rings. The zero-order valence-corrected chi connectivity index (χ0v) is 21.0. The van der Waals surface area contributed by atoms with Crippen LogP contribution < -0.4 is 9.47 Å². The van der Waals surface area contributed by atoms with Gasteiger partial charge in [0.05, 0.1) is 24.8 Å². The fourth-order valence-electron chi connectivity index (χ4n) is 4.18. The summed E-state index contributed by atoms with van der Waals surface area (Å²) in [6.45, 7) is 8.54. The number of aryl methyl sites for hydroxylation is 2. The first-order chi connectivity index (χ1) is 16.0. The van der Waals surface area contributed by atoms with Crippen molar-refractivity contribution >= 4 is 17.4 Å². The number of aliphatic hydroxyl groups is 1. The molecule has 1 amide bonds. The van der Waals surface area contributed by atoms with Gasteiger partial charge >= 0.3 is 0 Å². The van der Waals surface area contributed by atoms with E-state index < -0.39 is 17.7 Å². The van der Waals surface area contributed by atoms with Gasteiger partial charge in [0.1, 0.15) is 17.3 Å². The van der Waals surface area contributed by atoms with Gasteiger partial charge in [-0.15, -0.1) is 0 Å². The predicted octanol–water partition coefficient (Wildman–Crippen LogP) is 4.08. The third-order valence-electron chi connectivity index (χ3n) is 5.89. The summed E-state index contributed by atoms with van der Waals surface area (Å²) in [6.07, 6.45) is 0.0258. The number of likely N-dealkylation sites (N-methyl/N-ethyl adjacent to an activating group) is 1. The highest BCUT2D eigenvalue weighted by molar-refractivity contribution is 6.46. The summed E-state index contributed by atoms with van der Waals surface area (Å²) < 4.78 is 11.1. The lowest BCUT2D eigenvalue weighted by Crippen LogP contribution is -2.35. The topological polar surface area (TPSA) is 79.3 Å². The molecule has 2 aromatic rings. The van der Waals surface area contributed by atoms with Crippen LogP contribution in [0.25, 0.3) is 5.76 Å². The summed E-state index contributed by atoms with van der Waals surface area (Å²) >= 11 is 0. The molecule has 0 spiro atoms. The zero-order valence-electron chi connectivity index (χ0n) is 21.0. The number of aliphatic hydroxyl groups excluding tert-OH is 1. The molecule has 1 unspecified atom stereocenters. The number of nitrogens with zero attached hydrogens (tertiary/aromatic N) is 2. The largest absolute Gasteiger partial charge is 0.507 e. The van der Waals surface area contributed by atoms with E-state index in [0.717, 1.165) is 16.7 Å². The van der Waals surface area contributed by atoms with E-state index in [-0.39, 0.29) is 17.4 Å². The normalized spacial score (nSPS) is 17.7. The van der Waals surface area contributed by atoms with Crippen LogP contribution in [0.3, 0.4) is 0 Å². The second-order valence-corrected chi connectivity index (χ2v) is 9.17. The number of hydrogen-bond donors (Lipinski definition) is 1. The molecule has 1 aliphatic heterocycles. The van der Waals surface area contributed by atoms with Crippen molar-refractivity contribution in [2.45, 2.75) is 39.8 Å². The van der Waals surface area contributed by atoms with Crippen molar-refractivity contribution in [3.63, 3.8) is 0 Å². The number of benzene rings is 2. The van der Waals surface area contributed by atoms with Crippen LogP contribution in [0.2, 0.25) is 0 Å². The van der Waals surface area contributed by atoms with Gasteiger partial charge in [-0.2, -0.15) is 0 Å². The predicted molar refractivity (Wildman–Crippen MR) is 132 cm³/mol. The Morgan fingerprint density at radius 1 is 1.09 bits per heavy atom. The lowest BCUT2D eigenvalue weighted by Gasteiger charge is -2.27. The minimum Gasteiger partial charge on any atom is -0.507 e. The number of ketones is 1. The smallest absolute Gasteiger partial charge is 0.295 e. The maximum absolute atomic E-state index is 13.2. The van der Waals surface area contributed by atoms with Crippen molar-refractivity contribution in [2.24, 2.45) is 0 Å². The number of likely N-dealkylation sites (tertiary alicyclic amines) is 1. The number of methoxy groups -OCH3 is 1. The van der Waals surface area contributed by atoms with Crippen LogP contribution in [-0.4, -0.2) is 67.0 Å². The van der Waals surface area contributed by atoms with Gasteiger partial charge in [-0.25, -0.2) is 0 Å². The van der Waals surface area contributed by atoms with Gasteiger partial charge in [-0.3, -0.25) is 9.59 Å². The van der Waals surface area contributed by atoms with Gasteiger partial charge in [0.15, 0.2) is 0 Å². The van der Waals surface area contributed by atoms with Crippen LogP contribution in [0.1, 0.15) is 42.1 Å². The maximum Gasteiger partial charge on any atom is 0.295 e. The summed E-state index contributed by atoms with van der Waals surface area (Å²) in [7, 11) is 5.41. The van der Waals surface area contributed by atoms with E-state index in [2.05, 4.69) is 0 Å². The van der Waals surface area contributed by atoms with Crippen molar-refractivity contribution in [1.82, 2.24) is 9.80 Å². The molecule has 0 aliphatic carbocycles. The van der Waals surface area contributed by atoms with Crippen LogP contribution in [0.15, 0.2) is 42.0 Å². The van der Waals surface area contributed by atoms with Crippen molar-refractivity contribution < 1.29 is 24.2 Å². The van der Waals surface area contributed by atoms with Gasteiger partial charge in [0.25, 0.3) is 11.7 Å². The van der Waals surface area contributed by atoms with Crippen LogP contribution >= 0.6 is 0 Å². The van der Waals surface area contributed by atoms with E-state index in [9.17, 15) is 14.7 Å². The summed E-state index contributed by atoms with van der Waals surface area (Å²) in [4.78, 5) is 29.8. The number of rotatable bonds is 8. The number of hydrogen-bond acceptors (Lipinski definition) is 6. The standard InChI is InChI=1S/C27H34N2O5/c1-16(2)34-20-10-8-19(9-11-20)24-23(26(31)27(32)29(24)13-12-28(5)6)25(30)21-14-18(4)22(33-7)15-17(21)3/h8-11,14-16,24,30H,12-13H2,1-7H3/b25-23+. The lowest BCUT2D eigenvalue weighted by atomic mass is 9.93. The first-order valence-electron chi connectivity index (χ1n) is 11.4. The fourth-order valence-corrected chi connectivity index (χ4v) is 4.18. The van der Waals surface area contributed by atoms with Crippen LogP contribution in [0, 0.1) is 13.8 Å². The Balaban J connectivity index is 2.15. The van der Waals surface area contributed by atoms with Crippen molar-refractivity contribution in [1.29, 1.82) is 0 Å². The first-order valence-corrected chi connectivity index (χ1v) is 11.4. The van der Waals surface area contributed by atoms with Gasteiger partial charge in [-0.1, -0.05) is 12.1 Å². The quantitative estimate of drug-likeness (QED) is 0.359. The molecule has 1 N–H and O–H groups in total. The van der Waals surface area contributed by atoms with Gasteiger partial charge in [0.2, 0.25) is 0 Å². The minimum absolute atomic E-state index is 0.0258. The van der Waals surface area contributed by atoms with E-state index in [1.807, 2.05) is 77.0 Å². The molecular formula is C27H34N2O5. The third kappa shape index (κ3) is 5.09. The fraction of sp³-hybridized carbons (Fsp3) is 0.407. The first kappa shape index (κ1) is 25.3. The molecule has 2 aromatic carbocycles. The monoisotopic (exact) mass is 466 g/mol. The number of carbonyl (C=O) groups excluding carboxylic acids is 2. The van der Waals surface area contributed by atoms with E-state index in [1.54, 1.807) is 13.2 Å². The van der Waals surface area contributed by atoms with Crippen LogP contribution in [-0.2, 0) is 9.59 Å².